The van der Waals surface area contributed by atoms with Crippen LogP contribution in [0.2, 0.25) is 0 Å². The minimum absolute atomic E-state index is 0.0660. The van der Waals surface area contributed by atoms with E-state index in [2.05, 4.69) is 11.4 Å². The van der Waals surface area contributed by atoms with Crippen LogP contribution in [0.3, 0.4) is 0 Å². The van der Waals surface area contributed by atoms with Crippen LogP contribution in [0.15, 0.2) is 48.5 Å². The van der Waals surface area contributed by atoms with E-state index in [9.17, 15) is 4.39 Å². The van der Waals surface area contributed by atoms with Crippen molar-refractivity contribution in [1.29, 1.82) is 5.26 Å². The summed E-state index contributed by atoms with van der Waals surface area (Å²) < 4.78 is 18.7. The molecule has 1 aliphatic heterocycles. The summed E-state index contributed by atoms with van der Waals surface area (Å²) in [6.07, 6.45) is 1.97. The van der Waals surface area contributed by atoms with Gasteiger partial charge in [0.25, 0.3) is 0 Å². The molecule has 0 saturated carbocycles. The maximum Gasteiger partial charge on any atom is 0.123 e. The first-order chi connectivity index (χ1) is 11.2. The van der Waals surface area contributed by atoms with E-state index < -0.39 is 0 Å². The Morgan fingerprint density at radius 2 is 2.09 bits per heavy atom. The number of halogens is 1. The minimum Gasteiger partial charge on any atom is -0.381 e. The zero-order chi connectivity index (χ0) is 16.1. The molecule has 0 bridgehead atoms. The van der Waals surface area contributed by atoms with Gasteiger partial charge in [-0.3, -0.25) is 0 Å². The fourth-order valence-corrected chi connectivity index (χ4v) is 2.96. The van der Waals surface area contributed by atoms with Gasteiger partial charge in [0.15, 0.2) is 0 Å². The fraction of sp³-hybridized carbons (Fsp3) is 0.316. The average Bonchev–Trinajstić information content (AvgIpc) is 3.08. The van der Waals surface area contributed by atoms with E-state index >= 15 is 0 Å². The summed E-state index contributed by atoms with van der Waals surface area (Å²) in [5, 5.41) is 12.5. The first kappa shape index (κ1) is 15.5. The van der Waals surface area contributed by atoms with E-state index in [1.54, 1.807) is 6.07 Å². The average molecular weight is 310 g/mol. The molecule has 1 aliphatic rings. The highest BCUT2D eigenvalue weighted by Crippen LogP contribution is 2.30. The van der Waals surface area contributed by atoms with E-state index in [-0.39, 0.29) is 11.9 Å². The van der Waals surface area contributed by atoms with Crippen molar-refractivity contribution in [3.05, 3.63) is 65.5 Å². The van der Waals surface area contributed by atoms with Gasteiger partial charge in [0.05, 0.1) is 17.7 Å². The normalized spacial score (nSPS) is 18.3. The minimum atomic E-state index is -0.233. The van der Waals surface area contributed by atoms with Crippen LogP contribution in [0, 0.1) is 23.1 Å². The van der Waals surface area contributed by atoms with Crippen LogP contribution in [0.5, 0.6) is 0 Å². The molecule has 3 nitrogen and oxygen atoms in total. The van der Waals surface area contributed by atoms with Crippen LogP contribution >= 0.6 is 0 Å². The van der Waals surface area contributed by atoms with E-state index in [0.29, 0.717) is 11.5 Å². The second-order valence-corrected chi connectivity index (χ2v) is 5.91. The molecule has 0 radical (unpaired) electrons. The Morgan fingerprint density at radius 3 is 2.78 bits per heavy atom. The quantitative estimate of drug-likeness (QED) is 0.896. The summed E-state index contributed by atoms with van der Waals surface area (Å²) in [6, 6.07) is 16.2. The lowest BCUT2D eigenvalue weighted by Gasteiger charge is -2.23. The van der Waals surface area contributed by atoms with Crippen molar-refractivity contribution in [2.24, 2.45) is 5.92 Å². The first-order valence-corrected chi connectivity index (χ1v) is 7.84. The molecule has 1 fully saturated rings. The van der Waals surface area contributed by atoms with Crippen molar-refractivity contribution in [3.63, 3.8) is 0 Å². The maximum absolute atomic E-state index is 13.2. The van der Waals surface area contributed by atoms with E-state index in [1.165, 1.54) is 12.1 Å². The summed E-state index contributed by atoms with van der Waals surface area (Å²) >= 11 is 0. The number of ether oxygens (including phenoxy) is 1. The molecule has 118 valence electrons. The third kappa shape index (κ3) is 4.08. The van der Waals surface area contributed by atoms with Gasteiger partial charge in [-0.1, -0.05) is 18.2 Å². The Bertz CT molecular complexity index is 687. The molecule has 1 heterocycles. The molecule has 0 spiro atoms. The molecular weight excluding hydrogens is 291 g/mol. The molecule has 23 heavy (non-hydrogen) atoms. The number of nitrogens with zero attached hydrogens (tertiary/aromatic N) is 1. The molecule has 2 atom stereocenters. The molecule has 0 aliphatic carbocycles. The van der Waals surface area contributed by atoms with E-state index in [4.69, 9.17) is 10.00 Å². The zero-order valence-electron chi connectivity index (χ0n) is 12.8. The van der Waals surface area contributed by atoms with Crippen LogP contribution in [-0.4, -0.2) is 13.2 Å². The van der Waals surface area contributed by atoms with Crippen molar-refractivity contribution in [2.45, 2.75) is 18.9 Å². The highest BCUT2D eigenvalue weighted by molar-refractivity contribution is 5.50. The van der Waals surface area contributed by atoms with Gasteiger partial charge >= 0.3 is 0 Å². The first-order valence-electron chi connectivity index (χ1n) is 7.84. The SMILES string of the molecule is N#Cc1cccc(N[C@H](C[C@@H]2CCOC2)c2ccc(F)cc2)c1. The van der Waals surface area contributed by atoms with Crippen LogP contribution in [-0.2, 0) is 4.74 Å². The molecule has 2 aromatic rings. The van der Waals surface area contributed by atoms with Crippen molar-refractivity contribution in [1.82, 2.24) is 0 Å². The fourth-order valence-electron chi connectivity index (χ4n) is 2.96. The Hall–Kier alpha value is -2.38. The van der Waals surface area contributed by atoms with Crippen LogP contribution in [0.4, 0.5) is 10.1 Å². The van der Waals surface area contributed by atoms with E-state index in [1.807, 2.05) is 30.3 Å². The molecule has 0 unspecified atom stereocenters. The Morgan fingerprint density at radius 1 is 1.26 bits per heavy atom. The predicted octanol–water partition coefficient (Wildman–Crippen LogP) is 4.28. The number of benzene rings is 2. The molecule has 0 aromatic heterocycles. The van der Waals surface area contributed by atoms with Gasteiger partial charge in [-0.25, -0.2) is 4.39 Å². The van der Waals surface area contributed by atoms with Crippen LogP contribution in [0.25, 0.3) is 0 Å². The monoisotopic (exact) mass is 310 g/mol. The van der Waals surface area contributed by atoms with Gasteiger partial charge in [-0.15, -0.1) is 0 Å². The maximum atomic E-state index is 13.2. The largest absolute Gasteiger partial charge is 0.381 e. The van der Waals surface area contributed by atoms with Crippen LogP contribution in [0.1, 0.15) is 30.0 Å². The molecular formula is C19H19FN2O. The standard InChI is InChI=1S/C19H19FN2O/c20-17-6-4-16(5-7-17)19(11-15-8-9-23-13-15)22-18-3-1-2-14(10-18)12-21/h1-7,10,15,19,22H,8-9,11,13H2/t15-,19+/m0/s1. The van der Waals surface area contributed by atoms with Crippen molar-refractivity contribution < 1.29 is 9.13 Å². The van der Waals surface area contributed by atoms with Crippen LogP contribution < -0.4 is 5.32 Å². The summed E-state index contributed by atoms with van der Waals surface area (Å²) in [4.78, 5) is 0. The highest BCUT2D eigenvalue weighted by atomic mass is 19.1. The lowest BCUT2D eigenvalue weighted by atomic mass is 9.94. The van der Waals surface area contributed by atoms with Crippen molar-refractivity contribution in [2.75, 3.05) is 18.5 Å². The molecule has 0 amide bonds. The second-order valence-electron chi connectivity index (χ2n) is 5.91. The predicted molar refractivity (Wildman–Crippen MR) is 87.5 cm³/mol. The third-order valence-electron chi connectivity index (χ3n) is 4.20. The smallest absolute Gasteiger partial charge is 0.123 e. The Kier molecular flexibility index (Phi) is 4.89. The Labute approximate surface area is 135 Å². The van der Waals surface area contributed by atoms with Crippen molar-refractivity contribution in [3.8, 4) is 6.07 Å². The van der Waals surface area contributed by atoms with Gasteiger partial charge in [-0.2, -0.15) is 5.26 Å². The Balaban J connectivity index is 1.81. The third-order valence-corrected chi connectivity index (χ3v) is 4.20. The highest BCUT2D eigenvalue weighted by Gasteiger charge is 2.22. The summed E-state index contributed by atoms with van der Waals surface area (Å²) in [7, 11) is 0. The van der Waals surface area contributed by atoms with Gasteiger partial charge < -0.3 is 10.1 Å². The summed E-state index contributed by atoms with van der Waals surface area (Å²) in [5.41, 5.74) is 2.56. The number of hydrogen-bond acceptors (Lipinski definition) is 3. The second kappa shape index (κ2) is 7.26. The van der Waals surface area contributed by atoms with E-state index in [0.717, 1.165) is 37.3 Å². The lowest BCUT2D eigenvalue weighted by molar-refractivity contribution is 0.183. The number of hydrogen-bond donors (Lipinski definition) is 1. The number of nitriles is 1. The lowest BCUT2D eigenvalue weighted by Crippen LogP contribution is -2.16. The topological polar surface area (TPSA) is 45.0 Å². The molecule has 1 saturated heterocycles. The van der Waals surface area contributed by atoms with Crippen molar-refractivity contribution >= 4 is 5.69 Å². The number of nitrogens with one attached hydrogen (secondary N) is 1. The molecule has 4 heteroatoms. The number of anilines is 1. The summed E-state index contributed by atoms with van der Waals surface area (Å²) in [5.74, 6) is 0.264. The summed E-state index contributed by atoms with van der Waals surface area (Å²) in [6.45, 7) is 1.59. The molecule has 2 aromatic carbocycles. The van der Waals surface area contributed by atoms with Gasteiger partial charge in [0, 0.05) is 18.9 Å². The zero-order valence-corrected chi connectivity index (χ0v) is 12.8. The van der Waals surface area contributed by atoms with Gasteiger partial charge in [0.1, 0.15) is 5.82 Å². The molecule has 3 rings (SSSR count). The van der Waals surface area contributed by atoms with Gasteiger partial charge in [0.2, 0.25) is 0 Å². The molecule has 1 N–H and O–H groups in total. The van der Waals surface area contributed by atoms with Gasteiger partial charge in [-0.05, 0) is 54.7 Å². The number of rotatable bonds is 5.